The zero-order chi connectivity index (χ0) is 17.4. The molecule has 8 heteroatoms. The molecule has 3 atom stereocenters. The first-order valence-electron chi connectivity index (χ1n) is 7.65. The number of carbonyl (C=O) groups is 3. The fraction of sp³-hybridized carbons (Fsp3) is 0.667. The van der Waals surface area contributed by atoms with Crippen molar-refractivity contribution in [2.24, 2.45) is 11.5 Å². The van der Waals surface area contributed by atoms with E-state index >= 15 is 0 Å². The monoisotopic (exact) mass is 326 g/mol. The molecule has 0 aromatic rings. The van der Waals surface area contributed by atoms with E-state index in [0.717, 1.165) is 6.42 Å². The summed E-state index contributed by atoms with van der Waals surface area (Å²) in [5, 5.41) is 0. The van der Waals surface area contributed by atoms with E-state index in [-0.39, 0.29) is 31.1 Å². The van der Waals surface area contributed by atoms with Gasteiger partial charge in [-0.15, -0.1) is 0 Å². The summed E-state index contributed by atoms with van der Waals surface area (Å²) in [6.45, 7) is 4.06. The summed E-state index contributed by atoms with van der Waals surface area (Å²) >= 11 is 0. The lowest BCUT2D eigenvalue weighted by molar-refractivity contribution is -0.122. The normalized spacial score (nSPS) is 22.3. The topological polar surface area (TPSA) is 119 Å². The van der Waals surface area contributed by atoms with Gasteiger partial charge in [0.1, 0.15) is 12.9 Å². The van der Waals surface area contributed by atoms with Crippen molar-refractivity contribution in [2.75, 3.05) is 26.7 Å². The van der Waals surface area contributed by atoms with Crippen LogP contribution in [0.1, 0.15) is 19.3 Å². The van der Waals surface area contributed by atoms with Crippen molar-refractivity contribution in [2.45, 2.75) is 37.4 Å². The minimum Gasteiger partial charge on any atom is -0.445 e. The second kappa shape index (κ2) is 9.26. The van der Waals surface area contributed by atoms with Crippen LogP contribution in [0.5, 0.6) is 0 Å². The van der Waals surface area contributed by atoms with Gasteiger partial charge in [-0.05, 0) is 26.3 Å². The molecule has 0 saturated carbocycles. The Morgan fingerprint density at radius 1 is 1.48 bits per heavy atom. The van der Waals surface area contributed by atoms with E-state index in [1.54, 1.807) is 0 Å². The highest BCUT2D eigenvalue weighted by Crippen LogP contribution is 2.24. The number of ether oxygens (including phenoxy) is 1. The van der Waals surface area contributed by atoms with Crippen LogP contribution in [-0.2, 0) is 14.3 Å². The number of nitrogens with two attached hydrogens (primary N) is 2. The van der Waals surface area contributed by atoms with E-state index in [0.29, 0.717) is 25.7 Å². The Morgan fingerprint density at radius 3 is 2.70 bits per heavy atom. The summed E-state index contributed by atoms with van der Waals surface area (Å²) in [5.74, 6) is -0.333. The highest BCUT2D eigenvalue weighted by Gasteiger charge is 2.34. The molecule has 1 saturated heterocycles. The number of aldehydes is 1. The van der Waals surface area contributed by atoms with E-state index in [1.165, 1.54) is 11.0 Å². The molecule has 1 heterocycles. The van der Waals surface area contributed by atoms with Crippen LogP contribution in [0.15, 0.2) is 12.7 Å². The Hall–Kier alpha value is -1.93. The standard InChI is InChI=1S/C15H26N4O4/c1-3-8-23-15(22)19(9-11(16)10-20)7-6-12-4-5-13(14(17)21)18(12)2/h3,10-13H,1,4-9,16H2,2H3,(H2,17,21). The third-order valence-corrected chi connectivity index (χ3v) is 4.09. The zero-order valence-electron chi connectivity index (χ0n) is 13.5. The predicted molar refractivity (Wildman–Crippen MR) is 85.5 cm³/mol. The molecule has 1 aliphatic heterocycles. The van der Waals surface area contributed by atoms with Gasteiger partial charge in [0, 0.05) is 19.1 Å². The molecule has 3 unspecified atom stereocenters. The van der Waals surface area contributed by atoms with E-state index in [4.69, 9.17) is 16.2 Å². The average molecular weight is 326 g/mol. The molecule has 0 aromatic carbocycles. The Morgan fingerprint density at radius 2 is 2.17 bits per heavy atom. The Kier molecular flexibility index (Phi) is 7.70. The maximum atomic E-state index is 12.0. The number of amides is 2. The van der Waals surface area contributed by atoms with Gasteiger partial charge in [0.05, 0.1) is 12.1 Å². The maximum absolute atomic E-state index is 12.0. The van der Waals surface area contributed by atoms with Crippen LogP contribution in [0.2, 0.25) is 0 Å². The predicted octanol–water partition coefficient (Wildman–Crippen LogP) is -0.525. The van der Waals surface area contributed by atoms with Crippen molar-refractivity contribution in [3.05, 3.63) is 12.7 Å². The van der Waals surface area contributed by atoms with Gasteiger partial charge in [-0.2, -0.15) is 0 Å². The van der Waals surface area contributed by atoms with Crippen LogP contribution in [0.3, 0.4) is 0 Å². The second-order valence-electron chi connectivity index (χ2n) is 5.72. The van der Waals surface area contributed by atoms with Gasteiger partial charge >= 0.3 is 6.09 Å². The van der Waals surface area contributed by atoms with Crippen molar-refractivity contribution in [3.8, 4) is 0 Å². The number of likely N-dealkylation sites (tertiary alicyclic amines) is 1. The van der Waals surface area contributed by atoms with E-state index in [9.17, 15) is 14.4 Å². The van der Waals surface area contributed by atoms with E-state index < -0.39 is 12.1 Å². The van der Waals surface area contributed by atoms with Crippen molar-refractivity contribution in [1.29, 1.82) is 0 Å². The number of primary amides is 1. The van der Waals surface area contributed by atoms with Crippen molar-refractivity contribution in [3.63, 3.8) is 0 Å². The minimum atomic E-state index is -0.758. The second-order valence-corrected chi connectivity index (χ2v) is 5.72. The van der Waals surface area contributed by atoms with Crippen LogP contribution in [0.25, 0.3) is 0 Å². The minimum absolute atomic E-state index is 0.0924. The number of rotatable bonds is 9. The van der Waals surface area contributed by atoms with Gasteiger partial charge in [0.25, 0.3) is 0 Å². The van der Waals surface area contributed by atoms with Crippen LogP contribution < -0.4 is 11.5 Å². The Labute approximate surface area is 136 Å². The summed E-state index contributed by atoms with van der Waals surface area (Å²) in [5.41, 5.74) is 11.0. The molecule has 1 rings (SSSR count). The summed E-state index contributed by atoms with van der Waals surface area (Å²) in [4.78, 5) is 37.4. The third kappa shape index (κ3) is 5.65. The van der Waals surface area contributed by atoms with Gasteiger partial charge in [0.2, 0.25) is 5.91 Å². The van der Waals surface area contributed by atoms with Crippen LogP contribution in [0, 0.1) is 0 Å². The molecule has 0 spiro atoms. The third-order valence-electron chi connectivity index (χ3n) is 4.09. The first kappa shape index (κ1) is 19.1. The number of carbonyl (C=O) groups excluding carboxylic acids is 3. The molecular weight excluding hydrogens is 300 g/mol. The smallest absolute Gasteiger partial charge is 0.410 e. The lowest BCUT2D eigenvalue weighted by Gasteiger charge is -2.28. The van der Waals surface area contributed by atoms with Crippen molar-refractivity contribution in [1.82, 2.24) is 9.80 Å². The molecule has 1 aliphatic rings. The molecular formula is C15H26N4O4. The number of hydrogen-bond donors (Lipinski definition) is 2. The summed E-state index contributed by atoms with van der Waals surface area (Å²) in [6.07, 6.45) is 3.73. The fourth-order valence-electron chi connectivity index (χ4n) is 2.78. The van der Waals surface area contributed by atoms with Crippen LogP contribution >= 0.6 is 0 Å². The van der Waals surface area contributed by atoms with Gasteiger partial charge < -0.3 is 25.9 Å². The molecule has 0 aromatic heterocycles. The SMILES string of the molecule is C=CCOC(=O)N(CCC1CCC(C(N)=O)N1C)CC(N)C=O. The molecule has 0 bridgehead atoms. The highest BCUT2D eigenvalue weighted by molar-refractivity contribution is 5.80. The highest BCUT2D eigenvalue weighted by atomic mass is 16.6. The summed E-state index contributed by atoms with van der Waals surface area (Å²) < 4.78 is 5.01. The quantitative estimate of drug-likeness (QED) is 0.434. The lowest BCUT2D eigenvalue weighted by Crippen LogP contribution is -2.45. The van der Waals surface area contributed by atoms with Gasteiger partial charge in [-0.3, -0.25) is 9.69 Å². The largest absolute Gasteiger partial charge is 0.445 e. The van der Waals surface area contributed by atoms with Crippen molar-refractivity contribution >= 4 is 18.3 Å². The number of hydrogen-bond acceptors (Lipinski definition) is 6. The number of nitrogens with zero attached hydrogens (tertiary/aromatic N) is 2. The molecule has 0 radical (unpaired) electrons. The lowest BCUT2D eigenvalue weighted by atomic mass is 10.1. The summed E-state index contributed by atoms with van der Waals surface area (Å²) in [6, 6.07) is -0.876. The first-order chi connectivity index (χ1) is 10.9. The molecule has 4 N–H and O–H groups in total. The average Bonchev–Trinajstić information content (AvgIpc) is 2.89. The Balaban J connectivity index is 2.59. The number of likely N-dealkylation sites (N-methyl/N-ethyl adjacent to an activating group) is 1. The van der Waals surface area contributed by atoms with Crippen LogP contribution in [0.4, 0.5) is 4.79 Å². The molecule has 2 amide bonds. The van der Waals surface area contributed by atoms with E-state index in [2.05, 4.69) is 6.58 Å². The van der Waals surface area contributed by atoms with Gasteiger partial charge in [0.15, 0.2) is 0 Å². The molecule has 0 aliphatic carbocycles. The van der Waals surface area contributed by atoms with Crippen molar-refractivity contribution < 1.29 is 19.1 Å². The maximum Gasteiger partial charge on any atom is 0.410 e. The molecule has 130 valence electrons. The van der Waals surface area contributed by atoms with E-state index in [1.807, 2.05) is 11.9 Å². The molecule has 1 fully saturated rings. The summed E-state index contributed by atoms with van der Waals surface area (Å²) in [7, 11) is 1.85. The van der Waals surface area contributed by atoms with Gasteiger partial charge in [-0.1, -0.05) is 12.7 Å². The molecule has 23 heavy (non-hydrogen) atoms. The first-order valence-corrected chi connectivity index (χ1v) is 7.65. The Bertz CT molecular complexity index is 443. The van der Waals surface area contributed by atoms with Crippen LogP contribution in [-0.4, -0.2) is 73.0 Å². The zero-order valence-corrected chi connectivity index (χ0v) is 13.5. The fourth-order valence-corrected chi connectivity index (χ4v) is 2.78. The van der Waals surface area contributed by atoms with Gasteiger partial charge in [-0.25, -0.2) is 4.79 Å². The molecule has 8 nitrogen and oxygen atoms in total.